The van der Waals surface area contributed by atoms with Gasteiger partial charge in [0, 0.05) is 18.6 Å². The van der Waals surface area contributed by atoms with Gasteiger partial charge >= 0.3 is 0 Å². The molecular formula is C12H12ClFN2O. The van der Waals surface area contributed by atoms with Gasteiger partial charge in [0.15, 0.2) is 0 Å². The SMILES string of the molecule is Cc1nn(-c2ccc(F)cc2)c(Cl)c1CCO. The van der Waals surface area contributed by atoms with Crippen LogP contribution >= 0.6 is 11.6 Å². The fraction of sp³-hybridized carbons (Fsp3) is 0.250. The lowest BCUT2D eigenvalue weighted by atomic mass is 10.2. The van der Waals surface area contributed by atoms with Gasteiger partial charge in [-0.2, -0.15) is 5.10 Å². The zero-order chi connectivity index (χ0) is 12.4. The van der Waals surface area contributed by atoms with Crippen molar-refractivity contribution in [3.63, 3.8) is 0 Å². The third-order valence-corrected chi connectivity index (χ3v) is 2.94. The summed E-state index contributed by atoms with van der Waals surface area (Å²) in [7, 11) is 0. The van der Waals surface area contributed by atoms with Gasteiger partial charge in [0.25, 0.3) is 0 Å². The molecule has 1 aromatic heterocycles. The molecule has 0 spiro atoms. The summed E-state index contributed by atoms with van der Waals surface area (Å²) in [5.41, 5.74) is 2.29. The van der Waals surface area contributed by atoms with Crippen LogP contribution in [0.4, 0.5) is 4.39 Å². The van der Waals surface area contributed by atoms with Gasteiger partial charge in [-0.15, -0.1) is 0 Å². The van der Waals surface area contributed by atoms with Gasteiger partial charge in [-0.25, -0.2) is 9.07 Å². The monoisotopic (exact) mass is 254 g/mol. The van der Waals surface area contributed by atoms with Gasteiger partial charge in [-0.1, -0.05) is 11.6 Å². The van der Waals surface area contributed by atoms with E-state index in [0.717, 1.165) is 11.3 Å². The predicted molar refractivity (Wildman–Crippen MR) is 64.1 cm³/mol. The second kappa shape index (κ2) is 4.85. The zero-order valence-electron chi connectivity index (χ0n) is 9.32. The summed E-state index contributed by atoms with van der Waals surface area (Å²) in [5.74, 6) is -0.302. The van der Waals surface area contributed by atoms with Crippen molar-refractivity contribution in [1.82, 2.24) is 9.78 Å². The lowest BCUT2D eigenvalue weighted by Gasteiger charge is -2.03. The van der Waals surface area contributed by atoms with E-state index in [1.54, 1.807) is 16.8 Å². The maximum Gasteiger partial charge on any atom is 0.136 e. The first-order chi connectivity index (χ1) is 8.13. The summed E-state index contributed by atoms with van der Waals surface area (Å²) in [6, 6.07) is 5.93. The number of aromatic nitrogens is 2. The number of rotatable bonds is 3. The van der Waals surface area contributed by atoms with Gasteiger partial charge in [-0.05, 0) is 31.2 Å². The summed E-state index contributed by atoms with van der Waals surface area (Å²) in [4.78, 5) is 0. The largest absolute Gasteiger partial charge is 0.396 e. The molecule has 0 saturated heterocycles. The second-order valence-corrected chi connectivity index (χ2v) is 4.07. The van der Waals surface area contributed by atoms with Crippen molar-refractivity contribution in [2.45, 2.75) is 13.3 Å². The van der Waals surface area contributed by atoms with E-state index < -0.39 is 0 Å². The molecule has 0 saturated carbocycles. The van der Waals surface area contributed by atoms with Crippen molar-refractivity contribution < 1.29 is 9.50 Å². The lowest BCUT2D eigenvalue weighted by molar-refractivity contribution is 0.299. The van der Waals surface area contributed by atoms with Crippen molar-refractivity contribution >= 4 is 11.6 Å². The van der Waals surface area contributed by atoms with Gasteiger partial charge in [-0.3, -0.25) is 0 Å². The molecule has 0 aliphatic heterocycles. The average Bonchev–Trinajstić information content (AvgIpc) is 2.59. The van der Waals surface area contributed by atoms with Gasteiger partial charge < -0.3 is 5.11 Å². The molecule has 5 heteroatoms. The molecule has 0 atom stereocenters. The predicted octanol–water partition coefficient (Wildman–Crippen LogP) is 2.51. The number of halogens is 2. The van der Waals surface area contributed by atoms with E-state index in [0.29, 0.717) is 17.3 Å². The van der Waals surface area contributed by atoms with Crippen LogP contribution in [0.15, 0.2) is 24.3 Å². The van der Waals surface area contributed by atoms with E-state index in [2.05, 4.69) is 5.10 Å². The Morgan fingerprint density at radius 2 is 2.00 bits per heavy atom. The number of aliphatic hydroxyl groups is 1. The zero-order valence-corrected chi connectivity index (χ0v) is 10.1. The first-order valence-electron chi connectivity index (χ1n) is 5.24. The number of aryl methyl sites for hydroxylation is 1. The molecule has 1 heterocycles. The minimum atomic E-state index is -0.302. The molecule has 0 bridgehead atoms. The molecule has 0 radical (unpaired) electrons. The van der Waals surface area contributed by atoms with E-state index in [4.69, 9.17) is 16.7 Å². The van der Waals surface area contributed by atoms with Crippen LogP contribution in [-0.2, 0) is 6.42 Å². The minimum Gasteiger partial charge on any atom is -0.396 e. The Bertz CT molecular complexity index is 522. The normalized spacial score (nSPS) is 10.8. The standard InChI is InChI=1S/C12H12ClFN2O/c1-8-11(6-7-17)12(13)16(15-8)10-4-2-9(14)3-5-10/h2-5,17H,6-7H2,1H3. The van der Waals surface area contributed by atoms with E-state index >= 15 is 0 Å². The lowest BCUT2D eigenvalue weighted by Crippen LogP contribution is -1.97. The van der Waals surface area contributed by atoms with Crippen LogP contribution in [0.2, 0.25) is 5.15 Å². The fourth-order valence-corrected chi connectivity index (χ4v) is 2.05. The van der Waals surface area contributed by atoms with Gasteiger partial charge in [0.05, 0.1) is 11.4 Å². The van der Waals surface area contributed by atoms with Gasteiger partial charge in [0.2, 0.25) is 0 Å². The number of benzene rings is 1. The molecule has 1 aromatic carbocycles. The van der Waals surface area contributed by atoms with Crippen molar-refractivity contribution in [1.29, 1.82) is 0 Å². The van der Waals surface area contributed by atoms with Crippen LogP contribution < -0.4 is 0 Å². The highest BCUT2D eigenvalue weighted by Gasteiger charge is 2.13. The molecule has 17 heavy (non-hydrogen) atoms. The number of aliphatic hydroxyl groups excluding tert-OH is 1. The average molecular weight is 255 g/mol. The van der Waals surface area contributed by atoms with E-state index in [1.807, 2.05) is 6.92 Å². The first kappa shape index (κ1) is 12.1. The third kappa shape index (κ3) is 2.33. The highest BCUT2D eigenvalue weighted by atomic mass is 35.5. The molecule has 3 nitrogen and oxygen atoms in total. The Hall–Kier alpha value is -1.39. The first-order valence-corrected chi connectivity index (χ1v) is 5.62. The molecule has 0 aliphatic carbocycles. The fourth-order valence-electron chi connectivity index (χ4n) is 1.68. The molecule has 90 valence electrons. The molecule has 0 amide bonds. The minimum absolute atomic E-state index is 0.0235. The van der Waals surface area contributed by atoms with E-state index in [1.165, 1.54) is 12.1 Å². The Kier molecular flexibility index (Phi) is 3.45. The Labute approximate surface area is 103 Å². The molecular weight excluding hydrogens is 243 g/mol. The Morgan fingerprint density at radius 1 is 1.35 bits per heavy atom. The topological polar surface area (TPSA) is 38.0 Å². The van der Waals surface area contributed by atoms with Gasteiger partial charge in [0.1, 0.15) is 11.0 Å². The van der Waals surface area contributed by atoms with E-state index in [9.17, 15) is 4.39 Å². The quantitative estimate of drug-likeness (QED) is 0.914. The van der Waals surface area contributed by atoms with Crippen molar-refractivity contribution in [3.8, 4) is 5.69 Å². The van der Waals surface area contributed by atoms with Crippen molar-refractivity contribution in [2.24, 2.45) is 0 Å². The Balaban J connectivity index is 2.46. The summed E-state index contributed by atoms with van der Waals surface area (Å²) < 4.78 is 14.4. The molecule has 2 rings (SSSR count). The van der Waals surface area contributed by atoms with Crippen LogP contribution in [0.25, 0.3) is 5.69 Å². The Morgan fingerprint density at radius 3 is 2.59 bits per heavy atom. The molecule has 0 aliphatic rings. The van der Waals surface area contributed by atoms with E-state index in [-0.39, 0.29) is 12.4 Å². The van der Waals surface area contributed by atoms with Crippen molar-refractivity contribution in [3.05, 3.63) is 46.5 Å². The number of hydrogen-bond acceptors (Lipinski definition) is 2. The summed E-state index contributed by atoms with van der Waals surface area (Å²) in [6.07, 6.45) is 0.464. The molecule has 1 N–H and O–H groups in total. The smallest absolute Gasteiger partial charge is 0.136 e. The summed E-state index contributed by atoms with van der Waals surface area (Å²) in [6.45, 7) is 1.85. The molecule has 0 fully saturated rings. The summed E-state index contributed by atoms with van der Waals surface area (Å²) in [5, 5.41) is 13.7. The van der Waals surface area contributed by atoms with Crippen LogP contribution in [0.3, 0.4) is 0 Å². The number of nitrogens with zero attached hydrogens (tertiary/aromatic N) is 2. The maximum atomic E-state index is 12.8. The van der Waals surface area contributed by atoms with Crippen molar-refractivity contribution in [2.75, 3.05) is 6.61 Å². The second-order valence-electron chi connectivity index (χ2n) is 3.72. The number of hydrogen-bond donors (Lipinski definition) is 1. The highest BCUT2D eigenvalue weighted by Crippen LogP contribution is 2.23. The molecule has 0 unspecified atom stereocenters. The summed E-state index contributed by atoms with van der Waals surface area (Å²) >= 11 is 6.18. The maximum absolute atomic E-state index is 12.8. The highest BCUT2D eigenvalue weighted by molar-refractivity contribution is 6.30. The van der Waals surface area contributed by atoms with Crippen LogP contribution in [0, 0.1) is 12.7 Å². The third-order valence-electron chi connectivity index (χ3n) is 2.55. The van der Waals surface area contributed by atoms with Crippen LogP contribution in [0.5, 0.6) is 0 Å². The molecule has 2 aromatic rings. The van der Waals surface area contributed by atoms with Crippen LogP contribution in [0.1, 0.15) is 11.3 Å². The van der Waals surface area contributed by atoms with Crippen LogP contribution in [-0.4, -0.2) is 21.5 Å².